The molecule has 1 fully saturated rings. The first kappa shape index (κ1) is 29.4. The van der Waals surface area contributed by atoms with E-state index in [2.05, 4.69) is 11.4 Å². The molecule has 1 unspecified atom stereocenters. The quantitative estimate of drug-likeness (QED) is 0.312. The van der Waals surface area contributed by atoms with E-state index >= 15 is 0 Å². The number of hydrogen-bond donors (Lipinski definition) is 4. The molecule has 10 heteroatoms. The van der Waals surface area contributed by atoms with Crippen LogP contribution in [0.4, 0.5) is 4.79 Å². The van der Waals surface area contributed by atoms with Crippen LogP contribution in [-0.4, -0.2) is 48.9 Å². The third kappa shape index (κ3) is 6.65. The van der Waals surface area contributed by atoms with Gasteiger partial charge in [0.25, 0.3) is 0 Å². The maximum Gasteiger partial charge on any atom is 0.404 e. The lowest BCUT2D eigenvalue weighted by Gasteiger charge is -2.46. The molecular formula is C28H37N3O6S. The molecule has 0 aliphatic heterocycles. The molecule has 9 nitrogen and oxygen atoms in total. The number of benzene rings is 2. The number of ether oxygens (including phenoxy) is 1. The summed E-state index contributed by atoms with van der Waals surface area (Å²) in [5, 5.41) is 33.0. The van der Waals surface area contributed by atoms with E-state index in [0.717, 1.165) is 19.3 Å². The summed E-state index contributed by atoms with van der Waals surface area (Å²) in [6.07, 6.45) is 1.50. The normalized spacial score (nSPS) is 18.4. The van der Waals surface area contributed by atoms with Crippen LogP contribution < -0.4 is 15.8 Å². The highest BCUT2D eigenvalue weighted by atomic mass is 32.2. The lowest BCUT2D eigenvalue weighted by atomic mass is 9.66. The van der Waals surface area contributed by atoms with Crippen LogP contribution in [0, 0.1) is 16.7 Å². The van der Waals surface area contributed by atoms with Gasteiger partial charge in [0.2, 0.25) is 0 Å². The highest BCUT2D eigenvalue weighted by molar-refractivity contribution is 7.92. The van der Waals surface area contributed by atoms with Gasteiger partial charge in [0.1, 0.15) is 11.9 Å². The van der Waals surface area contributed by atoms with Crippen molar-refractivity contribution in [2.24, 2.45) is 11.1 Å². The molecule has 1 amide bonds. The predicted molar refractivity (Wildman–Crippen MR) is 143 cm³/mol. The van der Waals surface area contributed by atoms with Crippen molar-refractivity contribution in [3.8, 4) is 11.8 Å². The molecule has 3 rings (SSSR count). The second kappa shape index (κ2) is 12.6. The Hall–Kier alpha value is -3.13. The maximum absolute atomic E-state index is 14.3. The van der Waals surface area contributed by atoms with Crippen LogP contribution >= 0.6 is 0 Å². The lowest BCUT2D eigenvalue weighted by molar-refractivity contribution is 0.0415. The Kier molecular flexibility index (Phi) is 9.77. The molecule has 0 spiro atoms. The molecule has 1 aliphatic carbocycles. The van der Waals surface area contributed by atoms with E-state index < -0.39 is 38.4 Å². The third-order valence-corrected chi connectivity index (χ3v) is 9.97. The number of nitrogens with one attached hydrogen (secondary N) is 1. The van der Waals surface area contributed by atoms with Crippen LogP contribution in [0.1, 0.15) is 56.9 Å². The van der Waals surface area contributed by atoms with Crippen LogP contribution in [0.2, 0.25) is 0 Å². The van der Waals surface area contributed by atoms with E-state index in [-0.39, 0.29) is 24.2 Å². The highest BCUT2D eigenvalue weighted by Gasteiger charge is 2.54. The number of nitriles is 1. The minimum Gasteiger partial charge on any atom is -0.497 e. The van der Waals surface area contributed by atoms with Crippen LogP contribution in [0.5, 0.6) is 5.75 Å². The first-order valence-corrected chi connectivity index (χ1v) is 14.3. The van der Waals surface area contributed by atoms with Gasteiger partial charge in [-0.1, -0.05) is 49.6 Å². The van der Waals surface area contributed by atoms with Crippen molar-refractivity contribution in [1.29, 1.82) is 5.26 Å². The van der Waals surface area contributed by atoms with Crippen molar-refractivity contribution < 1.29 is 28.2 Å². The van der Waals surface area contributed by atoms with Gasteiger partial charge in [0, 0.05) is 6.42 Å². The van der Waals surface area contributed by atoms with E-state index in [1.807, 2.05) is 6.07 Å². The van der Waals surface area contributed by atoms with E-state index in [0.29, 0.717) is 30.6 Å². The molecule has 0 heterocycles. The number of carboxylic acid groups (broad SMARTS) is 1. The topological polar surface area (TPSA) is 163 Å². The van der Waals surface area contributed by atoms with Crippen molar-refractivity contribution >= 4 is 15.9 Å². The molecule has 38 heavy (non-hydrogen) atoms. The minimum atomic E-state index is -4.40. The van der Waals surface area contributed by atoms with Crippen LogP contribution in [-0.2, 0) is 16.3 Å². The highest BCUT2D eigenvalue weighted by Crippen LogP contribution is 2.48. The summed E-state index contributed by atoms with van der Waals surface area (Å²) in [4.78, 5) is 9.42. The number of sulfone groups is 1. The van der Waals surface area contributed by atoms with Crippen LogP contribution in [0.25, 0.3) is 0 Å². The number of aliphatic hydroxyl groups is 1. The molecule has 1 aliphatic rings. The summed E-state index contributed by atoms with van der Waals surface area (Å²) in [6, 6.07) is 15.6. The molecule has 0 saturated heterocycles. The molecule has 1 saturated carbocycles. The Morgan fingerprint density at radius 3 is 2.34 bits per heavy atom. The Morgan fingerprint density at radius 1 is 1.16 bits per heavy atom. The second-order valence-corrected chi connectivity index (χ2v) is 12.5. The zero-order valence-electron chi connectivity index (χ0n) is 21.7. The summed E-state index contributed by atoms with van der Waals surface area (Å²) in [5.74, 6) is 0.458. The van der Waals surface area contributed by atoms with Gasteiger partial charge >= 0.3 is 6.09 Å². The predicted octanol–water partition coefficient (Wildman–Crippen LogP) is 4.01. The van der Waals surface area contributed by atoms with Gasteiger partial charge in [-0.15, -0.1) is 0 Å². The molecule has 206 valence electrons. The first-order valence-electron chi connectivity index (χ1n) is 12.8. The fraction of sp³-hybridized carbons (Fsp3) is 0.500. The lowest BCUT2D eigenvalue weighted by Crippen LogP contribution is -2.66. The summed E-state index contributed by atoms with van der Waals surface area (Å²) in [7, 11) is -2.94. The zero-order chi connectivity index (χ0) is 27.8. The van der Waals surface area contributed by atoms with Crippen molar-refractivity contribution in [2.45, 2.75) is 79.7 Å². The molecule has 5 N–H and O–H groups in total. The molecule has 0 aromatic heterocycles. The number of nitrogens with two attached hydrogens (primary N) is 1. The average Bonchev–Trinajstić information content (AvgIpc) is 2.92. The molecule has 0 bridgehead atoms. The van der Waals surface area contributed by atoms with Crippen molar-refractivity contribution in [2.75, 3.05) is 7.11 Å². The Bertz CT molecular complexity index is 1210. The Morgan fingerprint density at radius 2 is 1.79 bits per heavy atom. The number of methoxy groups -OCH3 is 1. The third-order valence-electron chi connectivity index (χ3n) is 7.69. The minimum absolute atomic E-state index is 0.0383. The maximum atomic E-state index is 14.3. The largest absolute Gasteiger partial charge is 0.497 e. The number of nitrogens with zero attached hydrogens (tertiary/aromatic N) is 1. The standard InChI is InChI=1S/C28H37N3O6S/c1-37-22-11-13-23(14-12-22)38(35,36)28(30,20-27(17-8-18-29)15-6-3-7-16-27)25(32)24(31-26(33)34)19-21-9-4-2-5-10-21/h2,4-5,9-14,24-25,31-32H,3,6-8,15-17,19-20,30H2,1H3,(H,33,34)/t24-,25+,28?/m0/s1. The van der Waals surface area contributed by atoms with Crippen LogP contribution in [0.3, 0.4) is 0 Å². The fourth-order valence-electron chi connectivity index (χ4n) is 5.67. The summed E-state index contributed by atoms with van der Waals surface area (Å²) in [5.41, 5.74) is 6.99. The summed E-state index contributed by atoms with van der Waals surface area (Å²) in [6.45, 7) is 0. The van der Waals surface area contributed by atoms with E-state index in [1.165, 1.54) is 31.4 Å². The van der Waals surface area contributed by atoms with Crippen molar-refractivity contribution in [3.63, 3.8) is 0 Å². The van der Waals surface area contributed by atoms with Gasteiger partial charge in [-0.25, -0.2) is 13.2 Å². The van der Waals surface area contributed by atoms with Crippen molar-refractivity contribution in [3.05, 3.63) is 60.2 Å². The van der Waals surface area contributed by atoms with Gasteiger partial charge in [-0.05, 0) is 67.3 Å². The smallest absolute Gasteiger partial charge is 0.404 e. The fourth-order valence-corrected chi connectivity index (χ4v) is 7.58. The van der Waals surface area contributed by atoms with Gasteiger partial charge < -0.3 is 26.0 Å². The number of rotatable bonds is 12. The second-order valence-electron chi connectivity index (χ2n) is 10.2. The van der Waals surface area contributed by atoms with Gasteiger partial charge in [0.05, 0.1) is 24.1 Å². The van der Waals surface area contributed by atoms with E-state index in [4.69, 9.17) is 10.5 Å². The van der Waals surface area contributed by atoms with Gasteiger partial charge in [-0.3, -0.25) is 0 Å². The Balaban J connectivity index is 2.13. The SMILES string of the molecule is COc1ccc(S(=O)(=O)C(N)(CC2(CCC#N)CCCCC2)[C@H](O)[C@H](Cc2ccccc2)NC(=O)O)cc1. The van der Waals surface area contributed by atoms with Gasteiger partial charge in [0.15, 0.2) is 14.7 Å². The number of hydrogen-bond acceptors (Lipinski definition) is 7. The zero-order valence-corrected chi connectivity index (χ0v) is 22.5. The summed E-state index contributed by atoms with van der Waals surface area (Å²) < 4.78 is 33.7. The molecule has 0 radical (unpaired) electrons. The monoisotopic (exact) mass is 543 g/mol. The van der Waals surface area contributed by atoms with Crippen LogP contribution in [0.15, 0.2) is 59.5 Å². The number of aliphatic hydroxyl groups excluding tert-OH is 1. The van der Waals surface area contributed by atoms with Gasteiger partial charge in [-0.2, -0.15) is 5.26 Å². The molecule has 3 atom stereocenters. The Labute approximate surface area is 224 Å². The average molecular weight is 544 g/mol. The number of carbonyl (C=O) groups is 1. The molecule has 2 aromatic rings. The van der Waals surface area contributed by atoms with E-state index in [1.54, 1.807) is 24.3 Å². The molecule has 2 aromatic carbocycles. The van der Waals surface area contributed by atoms with Crippen molar-refractivity contribution in [1.82, 2.24) is 5.32 Å². The molecular weight excluding hydrogens is 506 g/mol. The van der Waals surface area contributed by atoms with E-state index in [9.17, 15) is 28.7 Å². The first-order chi connectivity index (χ1) is 18.1. The number of amides is 1. The summed E-state index contributed by atoms with van der Waals surface area (Å²) >= 11 is 0.